The Labute approximate surface area is 155 Å². The minimum Gasteiger partial charge on any atom is -0.357 e. The van der Waals surface area contributed by atoms with Gasteiger partial charge in [-0.3, -0.25) is 14.5 Å². The predicted molar refractivity (Wildman–Crippen MR) is 100 cm³/mol. The molecule has 1 aromatic carbocycles. The number of aromatic nitrogens is 3. The van der Waals surface area contributed by atoms with Gasteiger partial charge in [0.15, 0.2) is 5.16 Å². The second kappa shape index (κ2) is 6.91. The van der Waals surface area contributed by atoms with Gasteiger partial charge >= 0.3 is 0 Å². The van der Waals surface area contributed by atoms with Gasteiger partial charge in [-0.05, 0) is 32.9 Å². The van der Waals surface area contributed by atoms with Crippen molar-refractivity contribution in [2.75, 3.05) is 23.6 Å². The number of amides is 2. The van der Waals surface area contributed by atoms with Crippen LogP contribution in [0.25, 0.3) is 0 Å². The minimum atomic E-state index is -0.297. The second-order valence-corrected chi connectivity index (χ2v) is 7.66. The zero-order chi connectivity index (χ0) is 18.9. The molecular weight excluding hydrogens is 352 g/mol. The highest BCUT2D eigenvalue weighted by atomic mass is 32.2. The number of carbonyl (C=O) groups is 2. The molecule has 26 heavy (non-hydrogen) atoms. The maximum atomic E-state index is 12.4. The number of rotatable bonds is 5. The normalized spacial score (nSPS) is 13.8. The Hall–Kier alpha value is -2.68. The largest absolute Gasteiger partial charge is 0.357 e. The van der Waals surface area contributed by atoms with Crippen molar-refractivity contribution < 1.29 is 9.59 Å². The molecular formula is C17H20N6O2S. The summed E-state index contributed by atoms with van der Waals surface area (Å²) in [5.41, 5.74) is 0.649. The van der Waals surface area contributed by atoms with E-state index >= 15 is 0 Å². The van der Waals surface area contributed by atoms with Gasteiger partial charge in [-0.15, -0.1) is 0 Å². The summed E-state index contributed by atoms with van der Waals surface area (Å²) in [4.78, 5) is 39.0. The van der Waals surface area contributed by atoms with E-state index in [1.807, 2.05) is 20.8 Å². The fourth-order valence-electron chi connectivity index (χ4n) is 2.40. The monoisotopic (exact) mass is 372 g/mol. The molecule has 0 saturated carbocycles. The Bertz CT molecular complexity index is 830. The SMILES string of the molecule is CNc1nc(NC(C)(C)C)nc(SCN2C(=O)c3ccccc3C2=O)n1. The molecule has 2 aromatic rings. The quantitative estimate of drug-likeness (QED) is 0.610. The third kappa shape index (κ3) is 3.77. The lowest BCUT2D eigenvalue weighted by molar-refractivity contribution is 0.0684. The molecule has 2 heterocycles. The maximum absolute atomic E-state index is 12.4. The number of anilines is 2. The van der Waals surface area contributed by atoms with Crippen LogP contribution in [0.1, 0.15) is 41.5 Å². The smallest absolute Gasteiger partial charge is 0.262 e. The van der Waals surface area contributed by atoms with E-state index in [0.717, 1.165) is 0 Å². The topological polar surface area (TPSA) is 100 Å². The van der Waals surface area contributed by atoms with E-state index in [-0.39, 0.29) is 23.2 Å². The van der Waals surface area contributed by atoms with Crippen LogP contribution >= 0.6 is 11.8 Å². The number of fused-ring (bicyclic) bond motifs is 1. The Morgan fingerprint density at radius 1 is 1.00 bits per heavy atom. The molecule has 0 unspecified atom stereocenters. The Balaban J connectivity index is 1.77. The van der Waals surface area contributed by atoms with E-state index in [1.54, 1.807) is 31.3 Å². The first-order valence-electron chi connectivity index (χ1n) is 8.08. The highest BCUT2D eigenvalue weighted by Crippen LogP contribution is 2.26. The molecule has 1 aliphatic rings. The van der Waals surface area contributed by atoms with Crippen molar-refractivity contribution in [1.29, 1.82) is 0 Å². The molecule has 0 fully saturated rings. The third-order valence-corrected chi connectivity index (χ3v) is 4.35. The van der Waals surface area contributed by atoms with Crippen LogP contribution in [0.15, 0.2) is 29.4 Å². The van der Waals surface area contributed by atoms with Crippen molar-refractivity contribution in [3.05, 3.63) is 35.4 Å². The zero-order valence-electron chi connectivity index (χ0n) is 15.0. The first-order chi connectivity index (χ1) is 12.3. The van der Waals surface area contributed by atoms with Gasteiger partial charge in [-0.1, -0.05) is 23.9 Å². The number of nitrogens with one attached hydrogen (secondary N) is 2. The Morgan fingerprint density at radius 2 is 1.58 bits per heavy atom. The van der Waals surface area contributed by atoms with Crippen molar-refractivity contribution in [3.8, 4) is 0 Å². The number of hydrogen-bond acceptors (Lipinski definition) is 8. The Kier molecular flexibility index (Phi) is 4.82. The number of hydrogen-bond donors (Lipinski definition) is 2. The first-order valence-corrected chi connectivity index (χ1v) is 9.07. The fraction of sp³-hybridized carbons (Fsp3) is 0.353. The van der Waals surface area contributed by atoms with E-state index < -0.39 is 0 Å². The average Bonchev–Trinajstić information content (AvgIpc) is 2.83. The molecule has 1 aliphatic heterocycles. The van der Waals surface area contributed by atoms with Crippen molar-refractivity contribution in [2.24, 2.45) is 0 Å². The summed E-state index contributed by atoms with van der Waals surface area (Å²) in [6.45, 7) is 6.00. The molecule has 0 atom stereocenters. The zero-order valence-corrected chi connectivity index (χ0v) is 15.8. The van der Waals surface area contributed by atoms with Gasteiger partial charge in [0.25, 0.3) is 11.8 Å². The molecule has 8 nitrogen and oxygen atoms in total. The number of benzene rings is 1. The van der Waals surface area contributed by atoms with Gasteiger partial charge in [0, 0.05) is 12.6 Å². The molecule has 0 saturated heterocycles. The number of carbonyl (C=O) groups excluding carboxylic acids is 2. The molecule has 0 aliphatic carbocycles. The van der Waals surface area contributed by atoms with Crippen LogP contribution in [-0.2, 0) is 0 Å². The van der Waals surface area contributed by atoms with E-state index in [4.69, 9.17) is 0 Å². The molecule has 0 radical (unpaired) electrons. The third-order valence-electron chi connectivity index (χ3n) is 3.53. The van der Waals surface area contributed by atoms with E-state index in [9.17, 15) is 9.59 Å². The van der Waals surface area contributed by atoms with Gasteiger partial charge in [-0.2, -0.15) is 15.0 Å². The molecule has 2 amide bonds. The summed E-state index contributed by atoms with van der Waals surface area (Å²) < 4.78 is 0. The summed E-state index contributed by atoms with van der Waals surface area (Å²) in [7, 11) is 1.72. The lowest BCUT2D eigenvalue weighted by Gasteiger charge is -2.21. The van der Waals surface area contributed by atoms with Gasteiger partial charge in [0.1, 0.15) is 0 Å². The minimum absolute atomic E-state index is 0.133. The van der Waals surface area contributed by atoms with Crippen molar-refractivity contribution in [3.63, 3.8) is 0 Å². The molecule has 2 N–H and O–H groups in total. The van der Waals surface area contributed by atoms with Crippen LogP contribution in [0, 0.1) is 0 Å². The summed E-state index contributed by atoms with van der Waals surface area (Å²) in [5, 5.41) is 6.51. The summed E-state index contributed by atoms with van der Waals surface area (Å²) in [6, 6.07) is 6.81. The van der Waals surface area contributed by atoms with Crippen molar-refractivity contribution >= 4 is 35.5 Å². The highest BCUT2D eigenvalue weighted by Gasteiger charge is 2.35. The van der Waals surface area contributed by atoms with Gasteiger partial charge in [0.2, 0.25) is 11.9 Å². The molecule has 0 spiro atoms. The predicted octanol–water partition coefficient (Wildman–Crippen LogP) is 2.47. The lowest BCUT2D eigenvalue weighted by Crippen LogP contribution is -2.29. The number of nitrogens with zero attached hydrogens (tertiary/aromatic N) is 4. The summed E-state index contributed by atoms with van der Waals surface area (Å²) in [6.07, 6.45) is 0. The van der Waals surface area contributed by atoms with Gasteiger partial charge in [-0.25, -0.2) is 0 Å². The number of thioether (sulfide) groups is 1. The van der Waals surface area contributed by atoms with Gasteiger partial charge < -0.3 is 10.6 Å². The van der Waals surface area contributed by atoms with Gasteiger partial charge in [0.05, 0.1) is 17.0 Å². The maximum Gasteiger partial charge on any atom is 0.262 e. The molecule has 0 bridgehead atoms. The molecule has 9 heteroatoms. The van der Waals surface area contributed by atoms with Crippen molar-refractivity contribution in [2.45, 2.75) is 31.5 Å². The summed E-state index contributed by atoms with van der Waals surface area (Å²) >= 11 is 1.21. The lowest BCUT2D eigenvalue weighted by atomic mass is 10.1. The van der Waals surface area contributed by atoms with E-state index in [0.29, 0.717) is 28.2 Å². The van der Waals surface area contributed by atoms with Crippen LogP contribution in [0.2, 0.25) is 0 Å². The Morgan fingerprint density at radius 3 is 2.12 bits per heavy atom. The van der Waals surface area contributed by atoms with Crippen LogP contribution in [0.5, 0.6) is 0 Å². The van der Waals surface area contributed by atoms with Crippen LogP contribution < -0.4 is 10.6 Å². The molecule has 3 rings (SSSR count). The molecule has 136 valence electrons. The second-order valence-electron chi connectivity index (χ2n) is 6.75. The van der Waals surface area contributed by atoms with E-state index in [2.05, 4.69) is 25.6 Å². The average molecular weight is 372 g/mol. The first kappa shape index (κ1) is 18.1. The van der Waals surface area contributed by atoms with Crippen molar-refractivity contribution in [1.82, 2.24) is 19.9 Å². The fourth-order valence-corrected chi connectivity index (χ4v) is 3.18. The molecule has 1 aromatic heterocycles. The highest BCUT2D eigenvalue weighted by molar-refractivity contribution is 7.99. The standard InChI is InChI=1S/C17H20N6O2S/c1-17(2,3)22-15-19-14(18-4)20-16(21-15)26-9-23-12(24)10-7-5-6-8-11(10)13(23)25/h5-8H,9H2,1-4H3,(H2,18,19,20,21,22). The number of imide groups is 1. The van der Waals surface area contributed by atoms with Crippen LogP contribution in [0.4, 0.5) is 11.9 Å². The van der Waals surface area contributed by atoms with E-state index in [1.165, 1.54) is 16.7 Å². The summed E-state index contributed by atoms with van der Waals surface area (Å²) in [5.74, 6) is 0.385. The van der Waals surface area contributed by atoms with Crippen LogP contribution in [0.3, 0.4) is 0 Å². The van der Waals surface area contributed by atoms with Crippen LogP contribution in [-0.4, -0.2) is 50.1 Å².